The fourth-order valence-electron chi connectivity index (χ4n) is 0. The van der Waals surface area contributed by atoms with Gasteiger partial charge in [-0.1, -0.05) is 10.2 Å². The van der Waals surface area contributed by atoms with E-state index in [1.165, 1.54) is 0 Å². The number of hydrogen-bond acceptors (Lipinski definition) is 2. The van der Waals surface area contributed by atoms with Crippen LogP contribution in [0.15, 0.2) is 0 Å². The van der Waals surface area contributed by atoms with E-state index in [0.717, 1.165) is 0 Å². The summed E-state index contributed by atoms with van der Waals surface area (Å²) in [5.41, 5.74) is 0. The Morgan fingerprint density at radius 3 is 1.75 bits per heavy atom. The Bertz CT molecular complexity index is 10.8. The second-order valence-corrected chi connectivity index (χ2v) is 0.0680. The Labute approximate surface area is 43.0 Å². The second-order valence-electron chi connectivity index (χ2n) is 0.0680. The van der Waals surface area contributed by atoms with E-state index in [-0.39, 0.29) is 27.7 Å². The van der Waals surface area contributed by atoms with Crippen LogP contribution in [0.4, 0.5) is 0 Å². The van der Waals surface area contributed by atoms with Crippen molar-refractivity contribution in [3.05, 3.63) is 9.71 Å². The van der Waals surface area contributed by atoms with E-state index < -0.39 is 0 Å². The van der Waals surface area contributed by atoms with Crippen molar-refractivity contribution in [1.29, 1.82) is 0 Å². The summed E-state index contributed by atoms with van der Waals surface area (Å²) in [6.45, 7) is 0. The first-order valence-electron chi connectivity index (χ1n) is 0.333. The fraction of sp³-hybridized carbons (Fsp3) is 0. The molecule has 0 aromatic carbocycles. The Kier molecular flexibility index (Phi) is 22.6. The van der Waals surface area contributed by atoms with Gasteiger partial charge in [0.2, 0.25) is 0 Å². The maximum absolute atomic E-state index is 7.88. The number of rotatable bonds is 0. The van der Waals surface area contributed by atoms with Crippen LogP contribution >= 0.6 is 0 Å². The molecule has 0 aliphatic heterocycles. The second kappa shape index (κ2) is 10.2. The molecule has 20 valence electrons. The Hall–Kier alpha value is 0.335. The predicted molar refractivity (Wildman–Crippen MR) is 6.73 cm³/mol. The van der Waals surface area contributed by atoms with Gasteiger partial charge >= 0.3 is 0 Å². The molecule has 0 radical (unpaired) electrons. The van der Waals surface area contributed by atoms with Gasteiger partial charge < -0.3 is 0 Å². The average molecular weight is 249 g/mol. The topological polar surface area (TPSA) is 51.4 Å². The van der Waals surface area contributed by atoms with Gasteiger partial charge in [-0.2, -0.15) is 0 Å². The third-order valence-electron chi connectivity index (χ3n) is 0. The minimum Gasteiger partial charge on any atom is -0.0772 e. The van der Waals surface area contributed by atoms with Gasteiger partial charge in [0.15, 0.2) is 4.75 Å². The van der Waals surface area contributed by atoms with Crippen LogP contribution in [-0.2, 0) is 27.7 Å². The van der Waals surface area contributed by atoms with Crippen LogP contribution in [0.5, 0.6) is 0 Å². The molecule has 0 aliphatic carbocycles. The summed E-state index contributed by atoms with van der Waals surface area (Å²) in [6, 6.07) is 0. The first kappa shape index (κ1) is 8.84. The molecule has 0 rings (SSSR count). The van der Waals surface area contributed by atoms with Crippen molar-refractivity contribution in [2.24, 2.45) is 0 Å². The Morgan fingerprint density at radius 2 is 1.75 bits per heavy atom. The molecule has 0 aromatic rings. The molecule has 0 amide bonds. The summed E-state index contributed by atoms with van der Waals surface area (Å²) in [5, 5.41) is 7.88. The SMILES string of the molecule is O=[O+][O-].[Hg]. The first-order chi connectivity index (χ1) is 1.41. The van der Waals surface area contributed by atoms with Crippen LogP contribution in [0, 0.1) is 9.71 Å². The molecule has 0 saturated heterocycles. The molecule has 0 aromatic heterocycles. The van der Waals surface area contributed by atoms with Gasteiger partial charge in [0.25, 0.3) is 0 Å². The van der Waals surface area contributed by atoms with Gasteiger partial charge in [0, 0.05) is 27.7 Å². The molecule has 0 heterocycles. The number of hydrogen-bond donors (Lipinski definition) is 0. The van der Waals surface area contributed by atoms with E-state index in [4.69, 9.17) is 10.2 Å². The molecule has 0 unspecified atom stereocenters. The normalized spacial score (nSPS) is 3.00. The molecule has 0 spiro atoms. The van der Waals surface area contributed by atoms with E-state index in [0.29, 0.717) is 0 Å². The molecule has 0 aliphatic rings. The molecule has 3 nitrogen and oxygen atoms in total. The molecule has 0 bridgehead atoms. The van der Waals surface area contributed by atoms with Crippen molar-refractivity contribution in [1.82, 2.24) is 0 Å². The smallest absolute Gasteiger partial charge is 0.0772 e. The van der Waals surface area contributed by atoms with Crippen LogP contribution in [0.25, 0.3) is 0 Å². The molecule has 0 atom stereocenters. The van der Waals surface area contributed by atoms with Gasteiger partial charge in [-0.05, 0) is 0 Å². The van der Waals surface area contributed by atoms with Gasteiger partial charge in [-0.3, -0.25) is 0 Å². The van der Waals surface area contributed by atoms with E-state index in [2.05, 4.69) is 0 Å². The van der Waals surface area contributed by atoms with Gasteiger partial charge in [0.05, 0.1) is 0 Å². The largest absolute Gasteiger partial charge is 0.154 e. The van der Waals surface area contributed by atoms with Crippen molar-refractivity contribution >= 4 is 0 Å². The van der Waals surface area contributed by atoms with Crippen LogP contribution in [0.1, 0.15) is 0 Å². The first-order valence-corrected chi connectivity index (χ1v) is 0.333. The quantitative estimate of drug-likeness (QED) is 0.236. The zero-order chi connectivity index (χ0) is 2.71. The van der Waals surface area contributed by atoms with E-state index >= 15 is 0 Å². The van der Waals surface area contributed by atoms with Crippen LogP contribution in [0.3, 0.4) is 0 Å². The van der Waals surface area contributed by atoms with Crippen molar-refractivity contribution in [2.45, 2.75) is 0 Å². The average Bonchev–Trinajstić information content (AvgIpc) is 0.918. The van der Waals surface area contributed by atoms with Crippen LogP contribution < -0.4 is 5.26 Å². The van der Waals surface area contributed by atoms with Crippen LogP contribution in [0.2, 0.25) is 0 Å². The summed E-state index contributed by atoms with van der Waals surface area (Å²) >= 11 is 0. The monoisotopic (exact) mass is 250 g/mol. The zero-order valence-electron chi connectivity index (χ0n) is 1.93. The Balaban J connectivity index is 0. The third kappa shape index (κ3) is 37.1. The minimum atomic E-state index is 0. The van der Waals surface area contributed by atoms with Crippen molar-refractivity contribution in [3.8, 4) is 0 Å². The third-order valence-corrected chi connectivity index (χ3v) is 0. The molecule has 0 fully saturated rings. The summed E-state index contributed by atoms with van der Waals surface area (Å²) < 4.78 is 1.75. The van der Waals surface area contributed by atoms with Gasteiger partial charge in [-0.15, -0.1) is 0 Å². The zero-order valence-corrected chi connectivity index (χ0v) is 7.43. The standard InChI is InChI=1S/Hg.O3/c;1-3-2. The summed E-state index contributed by atoms with van der Waals surface area (Å²) in [6.07, 6.45) is 0. The van der Waals surface area contributed by atoms with E-state index in [9.17, 15) is 0 Å². The molecule has 4 heteroatoms. The fourth-order valence-corrected chi connectivity index (χ4v) is 0. The van der Waals surface area contributed by atoms with Crippen molar-refractivity contribution in [2.75, 3.05) is 0 Å². The summed E-state index contributed by atoms with van der Waals surface area (Å²) in [5.74, 6) is 0. The van der Waals surface area contributed by atoms with Crippen LogP contribution in [-0.4, -0.2) is 0 Å². The van der Waals surface area contributed by atoms with E-state index in [1.807, 2.05) is 0 Å². The predicted octanol–water partition coefficient (Wildman–Crippen LogP) is -1.12. The molecular weight excluding hydrogens is 249 g/mol. The Morgan fingerprint density at radius 1 is 1.75 bits per heavy atom. The van der Waals surface area contributed by atoms with Gasteiger partial charge in [-0.25, -0.2) is 0 Å². The minimum absolute atomic E-state index is 0. The maximum Gasteiger partial charge on any atom is 0.154 e. The summed E-state index contributed by atoms with van der Waals surface area (Å²) in [4.78, 5) is 7.88. The van der Waals surface area contributed by atoms with Crippen molar-refractivity contribution < 1.29 is 32.9 Å². The molecular formula is HgO3. The van der Waals surface area contributed by atoms with Crippen molar-refractivity contribution in [3.63, 3.8) is 0 Å². The maximum atomic E-state index is 7.88. The molecule has 4 heavy (non-hydrogen) atoms. The summed E-state index contributed by atoms with van der Waals surface area (Å²) in [7, 11) is 0. The van der Waals surface area contributed by atoms with E-state index in [1.54, 1.807) is 4.75 Å². The molecule has 0 saturated carbocycles. The van der Waals surface area contributed by atoms with Gasteiger partial charge in [0.1, 0.15) is 0 Å². The molecule has 0 N–H and O–H groups in total.